The maximum absolute atomic E-state index is 13.4. The highest BCUT2D eigenvalue weighted by molar-refractivity contribution is 7.97. The molecule has 0 radical (unpaired) electrons. The minimum absolute atomic E-state index is 0.0234. The molecule has 2 amide bonds. The number of carboxylic acid groups (broad SMARTS) is 1. The van der Waals surface area contributed by atoms with Crippen molar-refractivity contribution in [2.75, 3.05) is 19.5 Å². The van der Waals surface area contributed by atoms with E-state index in [1.54, 1.807) is 18.2 Å². The summed E-state index contributed by atoms with van der Waals surface area (Å²) >= 11 is 1.83. The molecular weight excluding hydrogens is 552 g/mol. The average molecular weight is 593 g/mol. The van der Waals surface area contributed by atoms with Crippen LogP contribution in [0.15, 0.2) is 72.8 Å². The van der Waals surface area contributed by atoms with Gasteiger partial charge in [-0.3, -0.25) is 14.4 Å². The van der Waals surface area contributed by atoms with Crippen LogP contribution in [0.25, 0.3) is 0 Å². The van der Waals surface area contributed by atoms with Gasteiger partial charge in [0.15, 0.2) is 11.5 Å². The number of methoxy groups -OCH3 is 2. The van der Waals surface area contributed by atoms with Crippen LogP contribution < -0.4 is 20.1 Å². The van der Waals surface area contributed by atoms with Crippen LogP contribution >= 0.6 is 11.8 Å². The summed E-state index contributed by atoms with van der Waals surface area (Å²) in [4.78, 5) is 38.1. The van der Waals surface area contributed by atoms with Crippen molar-refractivity contribution in [3.63, 3.8) is 0 Å². The number of amides is 2. The van der Waals surface area contributed by atoms with Crippen LogP contribution in [-0.4, -0.2) is 37.1 Å². The Morgan fingerprint density at radius 2 is 1.48 bits per heavy atom. The van der Waals surface area contributed by atoms with Gasteiger partial charge in [0, 0.05) is 29.5 Å². The maximum atomic E-state index is 13.4. The number of anilines is 1. The Morgan fingerprint density at radius 3 is 2.07 bits per heavy atom. The van der Waals surface area contributed by atoms with Gasteiger partial charge in [0.25, 0.3) is 0 Å². The van der Waals surface area contributed by atoms with Gasteiger partial charge in [0.05, 0.1) is 26.7 Å². The van der Waals surface area contributed by atoms with E-state index in [-0.39, 0.29) is 30.6 Å². The summed E-state index contributed by atoms with van der Waals surface area (Å²) in [7, 11) is 3.00. The second-order valence-electron chi connectivity index (χ2n) is 10.5. The first kappa shape index (κ1) is 32.5. The number of carbonyl (C=O) groups excluding carboxylic acids is 2. The molecule has 0 saturated carbocycles. The fraction of sp³-hybridized carbons (Fsp3) is 0.364. The summed E-state index contributed by atoms with van der Waals surface area (Å²) in [6.45, 7) is 3.96. The van der Waals surface area contributed by atoms with E-state index >= 15 is 0 Å². The van der Waals surface area contributed by atoms with Crippen molar-refractivity contribution in [2.24, 2.45) is 11.8 Å². The monoisotopic (exact) mass is 592 g/mol. The molecule has 0 saturated heterocycles. The van der Waals surface area contributed by atoms with Crippen LogP contribution in [0.3, 0.4) is 0 Å². The first-order valence-corrected chi connectivity index (χ1v) is 15.1. The molecule has 0 aliphatic heterocycles. The molecule has 0 unspecified atom stereocenters. The number of carboxylic acids is 1. The molecule has 9 heteroatoms. The number of ether oxygens (including phenoxy) is 2. The molecule has 0 aliphatic rings. The van der Waals surface area contributed by atoms with Crippen molar-refractivity contribution < 1.29 is 29.0 Å². The van der Waals surface area contributed by atoms with Gasteiger partial charge < -0.3 is 25.2 Å². The molecule has 0 spiro atoms. The summed E-state index contributed by atoms with van der Waals surface area (Å²) in [6, 6.07) is 22.2. The van der Waals surface area contributed by atoms with Crippen LogP contribution in [0.2, 0.25) is 0 Å². The molecule has 8 nitrogen and oxygen atoms in total. The second kappa shape index (κ2) is 16.5. The summed E-state index contributed by atoms with van der Waals surface area (Å²) in [6.07, 6.45) is 0.130. The van der Waals surface area contributed by atoms with Crippen molar-refractivity contribution >= 4 is 35.2 Å². The van der Waals surface area contributed by atoms with Crippen molar-refractivity contribution in [3.8, 4) is 11.5 Å². The molecule has 2 atom stereocenters. The fourth-order valence-corrected chi connectivity index (χ4v) is 5.58. The topological polar surface area (TPSA) is 114 Å². The standard InChI is InChI=1S/C33H40N2O6S/c1-22(2)16-26(33(39)35-28(19-32(37)38)25-12-15-29(40-3)30(17-25)41-4)18-31(36)34-27-13-10-24(11-14-27)21-42-20-23-8-6-5-7-9-23/h5-15,17,22,26,28H,16,18-21H2,1-4H3,(H,34,36)(H,35,39)(H,37,38)/t26-,28+/m1/s1. The van der Waals surface area contributed by atoms with Gasteiger partial charge >= 0.3 is 5.97 Å². The second-order valence-corrected chi connectivity index (χ2v) is 11.5. The largest absolute Gasteiger partial charge is 0.493 e. The van der Waals surface area contributed by atoms with Gasteiger partial charge in [-0.05, 0) is 53.3 Å². The minimum atomic E-state index is -1.06. The number of thioether (sulfide) groups is 1. The minimum Gasteiger partial charge on any atom is -0.493 e. The Bertz CT molecular complexity index is 1310. The van der Waals surface area contributed by atoms with Crippen molar-refractivity contribution in [2.45, 2.75) is 50.7 Å². The van der Waals surface area contributed by atoms with Gasteiger partial charge in [-0.25, -0.2) is 0 Å². The Labute approximate surface area is 252 Å². The van der Waals surface area contributed by atoms with Crippen LogP contribution in [-0.2, 0) is 25.9 Å². The van der Waals surface area contributed by atoms with E-state index in [0.717, 1.165) is 17.1 Å². The van der Waals surface area contributed by atoms with Gasteiger partial charge in [-0.15, -0.1) is 0 Å². The molecule has 0 bridgehead atoms. The maximum Gasteiger partial charge on any atom is 0.305 e. The Kier molecular flexibility index (Phi) is 12.7. The summed E-state index contributed by atoms with van der Waals surface area (Å²) in [5, 5.41) is 15.3. The Balaban J connectivity index is 1.62. The first-order valence-electron chi connectivity index (χ1n) is 13.9. The highest BCUT2D eigenvalue weighted by atomic mass is 32.2. The predicted molar refractivity (Wildman–Crippen MR) is 167 cm³/mol. The number of hydrogen-bond acceptors (Lipinski definition) is 6. The molecule has 3 rings (SSSR count). The lowest BCUT2D eigenvalue weighted by atomic mass is 9.92. The molecular formula is C33H40N2O6S. The van der Waals surface area contributed by atoms with E-state index in [1.807, 2.05) is 68.1 Å². The molecule has 0 aliphatic carbocycles. The summed E-state index contributed by atoms with van der Waals surface area (Å²) in [5.74, 6) is 0.530. The van der Waals surface area contributed by atoms with Gasteiger partial charge in [0.2, 0.25) is 11.8 Å². The molecule has 0 aromatic heterocycles. The number of aliphatic carboxylic acids is 1. The number of hydrogen-bond donors (Lipinski definition) is 3. The number of carbonyl (C=O) groups is 3. The van der Waals surface area contributed by atoms with E-state index in [1.165, 1.54) is 19.8 Å². The molecule has 0 fully saturated rings. The lowest BCUT2D eigenvalue weighted by Gasteiger charge is -2.24. The van der Waals surface area contributed by atoms with E-state index in [0.29, 0.717) is 29.2 Å². The third-order valence-electron chi connectivity index (χ3n) is 6.68. The predicted octanol–water partition coefficient (Wildman–Crippen LogP) is 6.46. The normalized spacial score (nSPS) is 12.3. The molecule has 3 N–H and O–H groups in total. The Morgan fingerprint density at radius 1 is 0.833 bits per heavy atom. The lowest BCUT2D eigenvalue weighted by Crippen LogP contribution is -2.37. The molecule has 224 valence electrons. The van der Waals surface area contributed by atoms with Crippen molar-refractivity contribution in [3.05, 3.63) is 89.5 Å². The van der Waals surface area contributed by atoms with Crippen molar-refractivity contribution in [1.82, 2.24) is 5.32 Å². The van der Waals surface area contributed by atoms with E-state index < -0.39 is 17.9 Å². The SMILES string of the molecule is COc1ccc([C@H](CC(=O)O)NC(=O)[C@@H](CC(=O)Nc2ccc(CSCc3ccccc3)cc2)CC(C)C)cc1OC. The van der Waals surface area contributed by atoms with Gasteiger partial charge in [-0.2, -0.15) is 11.8 Å². The zero-order valence-corrected chi connectivity index (χ0v) is 25.4. The van der Waals surface area contributed by atoms with E-state index in [9.17, 15) is 19.5 Å². The third kappa shape index (κ3) is 10.4. The highest BCUT2D eigenvalue weighted by Gasteiger charge is 2.27. The quantitative estimate of drug-likeness (QED) is 0.175. The summed E-state index contributed by atoms with van der Waals surface area (Å²) < 4.78 is 10.6. The Hall–Kier alpha value is -3.98. The van der Waals surface area contributed by atoms with Crippen LogP contribution in [0.4, 0.5) is 5.69 Å². The smallest absolute Gasteiger partial charge is 0.305 e. The van der Waals surface area contributed by atoms with Crippen LogP contribution in [0.5, 0.6) is 11.5 Å². The highest BCUT2D eigenvalue weighted by Crippen LogP contribution is 2.31. The molecule has 3 aromatic carbocycles. The van der Waals surface area contributed by atoms with E-state index in [4.69, 9.17) is 9.47 Å². The van der Waals surface area contributed by atoms with Crippen LogP contribution in [0, 0.1) is 11.8 Å². The zero-order valence-electron chi connectivity index (χ0n) is 24.6. The van der Waals surface area contributed by atoms with Crippen LogP contribution in [0.1, 0.15) is 55.8 Å². The molecule has 0 heterocycles. The average Bonchev–Trinajstić information content (AvgIpc) is 2.97. The summed E-state index contributed by atoms with van der Waals surface area (Å²) in [5.41, 5.74) is 3.67. The van der Waals surface area contributed by atoms with Crippen molar-refractivity contribution in [1.29, 1.82) is 0 Å². The molecule has 3 aromatic rings. The third-order valence-corrected chi connectivity index (χ3v) is 7.76. The zero-order chi connectivity index (χ0) is 30.5. The molecule has 42 heavy (non-hydrogen) atoms. The lowest BCUT2D eigenvalue weighted by molar-refractivity contribution is -0.138. The number of nitrogens with one attached hydrogen (secondary N) is 2. The van der Waals surface area contributed by atoms with Gasteiger partial charge in [0.1, 0.15) is 0 Å². The number of benzene rings is 3. The number of rotatable bonds is 16. The van der Waals surface area contributed by atoms with Gasteiger partial charge in [-0.1, -0.05) is 62.4 Å². The first-order chi connectivity index (χ1) is 20.2. The fourth-order valence-electron chi connectivity index (χ4n) is 4.62. The van der Waals surface area contributed by atoms with E-state index in [2.05, 4.69) is 22.8 Å².